The molecule has 0 amide bonds. The summed E-state index contributed by atoms with van der Waals surface area (Å²) in [6.07, 6.45) is 1.47. The van der Waals surface area contributed by atoms with Gasteiger partial charge in [0, 0.05) is 54.8 Å². The van der Waals surface area contributed by atoms with Gasteiger partial charge in [-0.3, -0.25) is 9.69 Å². The minimum Gasteiger partial charge on any atom is -0.507 e. The van der Waals surface area contributed by atoms with Gasteiger partial charge in [0.1, 0.15) is 12.4 Å². The van der Waals surface area contributed by atoms with E-state index in [1.165, 1.54) is 11.8 Å². The first kappa shape index (κ1) is 41.8. The number of carbonyl (C=O) groups is 1. The lowest BCUT2D eigenvalue weighted by atomic mass is 9.81. The van der Waals surface area contributed by atoms with Crippen molar-refractivity contribution in [3.63, 3.8) is 0 Å². The van der Waals surface area contributed by atoms with E-state index in [4.69, 9.17) is 42.6 Å². The number of phenols is 1. The Bertz CT molecular complexity index is 1470. The third kappa shape index (κ3) is 9.38. The zero-order valence-corrected chi connectivity index (χ0v) is 33.2. The standard InChI is InChI=1S/C36H52N2O11S.C2H6/c1-22-16-24-8-10-38-26(31(37(3)4)29(24)35(33(22)43-7)47-19-44-13-11-41-5)17-25-30(36-34(48-20-49-36)23(2)32(25)40)27(38)18-46-28(39)9-15-50-21-45-14-12-42-6;1-2/h16,26-27,31,40H,8-15,17-21H2,1-7H3;1-2H3. The first-order chi connectivity index (χ1) is 25.2. The minimum atomic E-state index is -0.402. The Labute approximate surface area is 313 Å². The summed E-state index contributed by atoms with van der Waals surface area (Å²) in [5.41, 5.74) is 5.33. The molecule has 0 saturated carbocycles. The van der Waals surface area contributed by atoms with Crippen LogP contribution in [0, 0.1) is 13.8 Å². The molecule has 3 unspecified atom stereocenters. The number of thioether (sulfide) groups is 1. The van der Waals surface area contributed by atoms with E-state index >= 15 is 0 Å². The van der Waals surface area contributed by atoms with Gasteiger partial charge in [0.2, 0.25) is 6.79 Å². The van der Waals surface area contributed by atoms with Crippen molar-refractivity contribution < 1.29 is 52.5 Å². The van der Waals surface area contributed by atoms with Crippen molar-refractivity contribution in [2.45, 2.75) is 65.1 Å². The van der Waals surface area contributed by atoms with Crippen molar-refractivity contribution in [2.75, 3.05) is 100 Å². The quantitative estimate of drug-likeness (QED) is 0.122. The molecule has 3 aliphatic heterocycles. The Kier molecular flexibility index (Phi) is 16.4. The lowest BCUT2D eigenvalue weighted by Crippen LogP contribution is -2.51. The van der Waals surface area contributed by atoms with Crippen LogP contribution in [0.25, 0.3) is 0 Å². The molecule has 0 spiro atoms. The number of fused-ring (bicyclic) bond motifs is 5. The molecule has 0 aromatic heterocycles. The normalized spacial score (nSPS) is 18.8. The molecule has 13 nitrogen and oxygen atoms in total. The van der Waals surface area contributed by atoms with Crippen molar-refractivity contribution >= 4 is 17.7 Å². The Morgan fingerprint density at radius 3 is 2.40 bits per heavy atom. The van der Waals surface area contributed by atoms with Crippen molar-refractivity contribution in [3.05, 3.63) is 39.4 Å². The summed E-state index contributed by atoms with van der Waals surface area (Å²) < 4.78 is 51.7. The fourth-order valence-electron chi connectivity index (χ4n) is 7.28. The average molecular weight is 751 g/mol. The second kappa shape index (κ2) is 20.5. The fourth-order valence-corrected chi connectivity index (χ4v) is 7.94. The van der Waals surface area contributed by atoms with E-state index in [-0.39, 0.29) is 50.4 Å². The van der Waals surface area contributed by atoms with Crippen LogP contribution in [0.15, 0.2) is 6.07 Å². The number of phenolic OH excluding ortho intramolecular Hbond substituents is 1. The van der Waals surface area contributed by atoms with E-state index in [1.807, 2.05) is 27.7 Å². The van der Waals surface area contributed by atoms with Gasteiger partial charge >= 0.3 is 5.97 Å². The van der Waals surface area contributed by atoms with Gasteiger partial charge in [-0.1, -0.05) is 19.9 Å². The molecular formula is C38H58N2O11S. The van der Waals surface area contributed by atoms with Crippen LogP contribution in [0.5, 0.6) is 28.7 Å². The molecule has 3 aliphatic rings. The molecule has 3 atom stereocenters. The highest BCUT2D eigenvalue weighted by Crippen LogP contribution is 2.55. The van der Waals surface area contributed by atoms with Crippen LogP contribution in [0.1, 0.15) is 65.7 Å². The van der Waals surface area contributed by atoms with Crippen molar-refractivity contribution in [1.82, 2.24) is 9.80 Å². The van der Waals surface area contributed by atoms with Crippen molar-refractivity contribution in [1.29, 1.82) is 0 Å². The number of esters is 1. The zero-order valence-electron chi connectivity index (χ0n) is 32.3. The van der Waals surface area contributed by atoms with Gasteiger partial charge in [0.05, 0.1) is 58.0 Å². The number of hydrogen-bond donors (Lipinski definition) is 1. The summed E-state index contributed by atoms with van der Waals surface area (Å²) in [6, 6.07) is 1.44. The fraction of sp³-hybridized carbons (Fsp3) is 0.658. The van der Waals surface area contributed by atoms with Gasteiger partial charge in [-0.25, -0.2) is 0 Å². The number of rotatable bonds is 18. The number of carbonyl (C=O) groups excluding carboxylic acids is 1. The Morgan fingerprint density at radius 1 is 1.00 bits per heavy atom. The predicted molar refractivity (Wildman–Crippen MR) is 199 cm³/mol. The van der Waals surface area contributed by atoms with Crippen LogP contribution in [0.4, 0.5) is 0 Å². The molecular weight excluding hydrogens is 692 g/mol. The van der Waals surface area contributed by atoms with Gasteiger partial charge in [0.15, 0.2) is 29.8 Å². The van der Waals surface area contributed by atoms with Crippen LogP contribution in [0.3, 0.4) is 0 Å². The van der Waals surface area contributed by atoms with Crippen LogP contribution in [0.2, 0.25) is 0 Å². The Balaban J connectivity index is 0.00000297. The lowest BCUT2D eigenvalue weighted by Gasteiger charge is -2.47. The first-order valence-corrected chi connectivity index (χ1v) is 19.1. The van der Waals surface area contributed by atoms with Gasteiger partial charge in [0.25, 0.3) is 0 Å². The summed E-state index contributed by atoms with van der Waals surface area (Å²) in [5, 5.41) is 11.7. The molecule has 1 N–H and O–H groups in total. The lowest BCUT2D eigenvalue weighted by molar-refractivity contribution is -0.145. The molecule has 0 bridgehead atoms. The molecule has 52 heavy (non-hydrogen) atoms. The monoisotopic (exact) mass is 750 g/mol. The highest BCUT2D eigenvalue weighted by Gasteiger charge is 2.47. The van der Waals surface area contributed by atoms with E-state index in [9.17, 15) is 9.90 Å². The number of likely N-dealkylation sites (N-methyl/N-ethyl adjacent to an activating group) is 1. The second-order valence-electron chi connectivity index (χ2n) is 12.8. The molecule has 0 aliphatic carbocycles. The smallest absolute Gasteiger partial charge is 0.306 e. The van der Waals surface area contributed by atoms with E-state index in [2.05, 4.69) is 30.0 Å². The molecule has 5 rings (SSSR count). The van der Waals surface area contributed by atoms with Crippen LogP contribution in [-0.2, 0) is 41.3 Å². The van der Waals surface area contributed by atoms with E-state index in [0.29, 0.717) is 86.1 Å². The number of benzene rings is 2. The molecule has 2 aromatic carbocycles. The maximum atomic E-state index is 13.1. The van der Waals surface area contributed by atoms with Crippen LogP contribution >= 0.6 is 11.8 Å². The van der Waals surface area contributed by atoms with Crippen LogP contribution in [-0.4, -0.2) is 127 Å². The van der Waals surface area contributed by atoms with Crippen molar-refractivity contribution in [3.8, 4) is 28.7 Å². The molecule has 14 heteroatoms. The van der Waals surface area contributed by atoms with Gasteiger partial charge in [-0.2, -0.15) is 0 Å². The topological polar surface area (TPSA) is 127 Å². The Morgan fingerprint density at radius 2 is 1.71 bits per heavy atom. The van der Waals surface area contributed by atoms with E-state index < -0.39 is 6.04 Å². The predicted octanol–water partition coefficient (Wildman–Crippen LogP) is 5.19. The third-order valence-electron chi connectivity index (χ3n) is 9.51. The number of nitrogens with zero attached hydrogens (tertiary/aromatic N) is 2. The largest absolute Gasteiger partial charge is 0.507 e. The van der Waals surface area contributed by atoms with E-state index in [0.717, 1.165) is 27.8 Å². The van der Waals surface area contributed by atoms with Gasteiger partial charge in [-0.05, 0) is 51.9 Å². The first-order valence-electron chi connectivity index (χ1n) is 18.0. The summed E-state index contributed by atoms with van der Waals surface area (Å²) >= 11 is 1.53. The van der Waals surface area contributed by atoms with Crippen molar-refractivity contribution in [2.24, 2.45) is 0 Å². The van der Waals surface area contributed by atoms with Crippen LogP contribution < -0.4 is 18.9 Å². The summed E-state index contributed by atoms with van der Waals surface area (Å²) in [5.74, 6) is 3.37. The van der Waals surface area contributed by atoms with Gasteiger partial charge in [-0.15, -0.1) is 11.8 Å². The molecule has 0 saturated heterocycles. The third-order valence-corrected chi connectivity index (χ3v) is 10.3. The van der Waals surface area contributed by atoms with E-state index in [1.54, 1.807) is 21.3 Å². The Hall–Kier alpha value is -2.98. The number of ether oxygens (including phenoxy) is 9. The second-order valence-corrected chi connectivity index (χ2v) is 13.8. The number of hydrogen-bond acceptors (Lipinski definition) is 14. The van der Waals surface area contributed by atoms with Gasteiger partial charge < -0.3 is 52.6 Å². The SMILES string of the molecule is CC.COCCOCOc1c(OC)c(C)cc2c1C(N(C)C)C1Cc3c(O)c(C)c4c(c3C(COC(=O)CCSCOCCOC)N1CC2)OCO4. The summed E-state index contributed by atoms with van der Waals surface area (Å²) in [4.78, 5) is 17.7. The molecule has 3 heterocycles. The number of methoxy groups -OCH3 is 3. The number of aromatic hydroxyl groups is 1. The average Bonchev–Trinajstić information content (AvgIpc) is 3.57. The highest BCUT2D eigenvalue weighted by atomic mass is 32.2. The number of aryl methyl sites for hydroxylation is 1. The minimum absolute atomic E-state index is 0.0343. The molecule has 0 fully saturated rings. The maximum absolute atomic E-state index is 13.1. The molecule has 292 valence electrons. The maximum Gasteiger partial charge on any atom is 0.306 e. The zero-order chi connectivity index (χ0) is 37.8. The molecule has 0 radical (unpaired) electrons. The molecule has 2 aromatic rings. The summed E-state index contributed by atoms with van der Waals surface area (Å²) in [7, 11) is 9.02. The highest BCUT2D eigenvalue weighted by molar-refractivity contribution is 7.99. The summed E-state index contributed by atoms with van der Waals surface area (Å²) in [6.45, 7) is 10.6.